The van der Waals surface area contributed by atoms with Crippen LogP contribution in [0.15, 0.2) is 6.20 Å². The van der Waals surface area contributed by atoms with Gasteiger partial charge in [0.1, 0.15) is 5.75 Å². The third kappa shape index (κ3) is 4.79. The zero-order valence-electron chi connectivity index (χ0n) is 11.4. The summed E-state index contributed by atoms with van der Waals surface area (Å²) in [6.45, 7) is 1.00. The van der Waals surface area contributed by atoms with Crippen molar-refractivity contribution in [2.45, 2.75) is 32.7 Å². The van der Waals surface area contributed by atoms with E-state index < -0.39 is 48.7 Å². The number of nitrogens with zero attached hydrogens (tertiary/aromatic N) is 1. The second kappa shape index (κ2) is 7.34. The fraction of sp³-hybridized carbons (Fsp3) is 0.500. The Labute approximate surface area is 122 Å². The summed E-state index contributed by atoms with van der Waals surface area (Å²) in [6, 6.07) is 0. The molecule has 0 saturated heterocycles. The largest absolute Gasteiger partial charge is 0.573 e. The summed E-state index contributed by atoms with van der Waals surface area (Å²) in [7, 11) is 0. The first-order valence-electron chi connectivity index (χ1n) is 6.09. The minimum Gasteiger partial charge on any atom is -0.466 e. The number of halogens is 5. The van der Waals surface area contributed by atoms with E-state index in [1.165, 1.54) is 6.92 Å². The number of aromatic nitrogens is 1. The molecule has 0 aliphatic heterocycles. The van der Waals surface area contributed by atoms with E-state index in [2.05, 4.69) is 14.5 Å². The Balaban J connectivity index is 3.34. The number of alkyl halides is 5. The minimum atomic E-state index is -5.18. The molecule has 0 radical (unpaired) electrons. The van der Waals surface area contributed by atoms with Crippen molar-refractivity contribution >= 4 is 5.97 Å². The first-order chi connectivity index (χ1) is 10.2. The highest BCUT2D eigenvalue weighted by atomic mass is 19.4. The minimum absolute atomic E-state index is 0.00433. The first-order valence-corrected chi connectivity index (χ1v) is 6.09. The second-order valence-corrected chi connectivity index (χ2v) is 4.01. The Bertz CT molecular complexity index is 534. The predicted octanol–water partition coefficient (Wildman–Crippen LogP) is 2.48. The number of carbonyl (C=O) groups excluding carboxylic acids is 1. The van der Waals surface area contributed by atoms with Crippen LogP contribution in [0.25, 0.3) is 0 Å². The number of rotatable bonds is 6. The highest BCUT2D eigenvalue weighted by Crippen LogP contribution is 2.37. The van der Waals surface area contributed by atoms with Crippen molar-refractivity contribution in [2.75, 3.05) is 6.61 Å². The number of carbonyl (C=O) groups is 1. The fourth-order valence-corrected chi connectivity index (χ4v) is 1.68. The van der Waals surface area contributed by atoms with Crippen LogP contribution in [-0.4, -0.2) is 23.9 Å². The fourth-order valence-electron chi connectivity index (χ4n) is 1.68. The van der Waals surface area contributed by atoms with Crippen LogP contribution < -0.4 is 10.5 Å². The summed E-state index contributed by atoms with van der Waals surface area (Å²) in [5, 5.41) is 0. The molecule has 5 nitrogen and oxygen atoms in total. The summed E-state index contributed by atoms with van der Waals surface area (Å²) in [5.41, 5.74) is 3.20. The average Bonchev–Trinajstić information content (AvgIpc) is 2.37. The normalized spacial score (nSPS) is 11.6. The number of nitrogens with two attached hydrogens (primary N) is 1. The van der Waals surface area contributed by atoms with Gasteiger partial charge in [0.15, 0.2) is 0 Å². The van der Waals surface area contributed by atoms with E-state index in [-0.39, 0.29) is 12.2 Å². The molecule has 0 spiro atoms. The van der Waals surface area contributed by atoms with Crippen molar-refractivity contribution in [1.29, 1.82) is 0 Å². The van der Waals surface area contributed by atoms with Crippen LogP contribution in [0.4, 0.5) is 22.0 Å². The Morgan fingerprint density at radius 3 is 2.50 bits per heavy atom. The zero-order chi connectivity index (χ0) is 16.9. The van der Waals surface area contributed by atoms with Crippen molar-refractivity contribution in [1.82, 2.24) is 4.98 Å². The summed E-state index contributed by atoms with van der Waals surface area (Å²) >= 11 is 0. The summed E-state index contributed by atoms with van der Waals surface area (Å²) < 4.78 is 71.7. The Morgan fingerprint density at radius 1 is 1.41 bits per heavy atom. The van der Waals surface area contributed by atoms with E-state index in [9.17, 15) is 26.7 Å². The van der Waals surface area contributed by atoms with Gasteiger partial charge in [-0.05, 0) is 6.92 Å². The van der Waals surface area contributed by atoms with Gasteiger partial charge in [-0.3, -0.25) is 9.78 Å². The van der Waals surface area contributed by atoms with Gasteiger partial charge in [-0.25, -0.2) is 8.78 Å². The van der Waals surface area contributed by atoms with Crippen molar-refractivity contribution < 1.29 is 36.2 Å². The maximum absolute atomic E-state index is 13.1. The molecule has 0 fully saturated rings. The molecule has 0 aromatic carbocycles. The maximum atomic E-state index is 13.1. The van der Waals surface area contributed by atoms with Gasteiger partial charge in [-0.1, -0.05) is 0 Å². The predicted molar refractivity (Wildman–Crippen MR) is 64.1 cm³/mol. The SMILES string of the molecule is CCOC(=O)Cc1ncc(CN)c(OC(F)(F)F)c1C(F)F. The van der Waals surface area contributed by atoms with E-state index >= 15 is 0 Å². The Hall–Kier alpha value is -1.97. The lowest BCUT2D eigenvalue weighted by Gasteiger charge is -2.18. The van der Waals surface area contributed by atoms with Crippen LogP contribution in [0.2, 0.25) is 0 Å². The molecule has 0 bridgehead atoms. The van der Waals surface area contributed by atoms with E-state index in [4.69, 9.17) is 5.73 Å². The van der Waals surface area contributed by atoms with Crippen LogP contribution in [-0.2, 0) is 22.5 Å². The van der Waals surface area contributed by atoms with Crippen LogP contribution in [0.3, 0.4) is 0 Å². The zero-order valence-corrected chi connectivity index (χ0v) is 11.4. The average molecular weight is 328 g/mol. The molecular formula is C12H13F5N2O3. The molecule has 0 aliphatic rings. The van der Waals surface area contributed by atoms with Gasteiger partial charge in [0, 0.05) is 18.3 Å². The molecule has 1 heterocycles. The summed E-state index contributed by atoms with van der Waals surface area (Å²) in [6.07, 6.45) is -8.36. The lowest BCUT2D eigenvalue weighted by molar-refractivity contribution is -0.275. The molecule has 2 N–H and O–H groups in total. The van der Waals surface area contributed by atoms with Gasteiger partial charge < -0.3 is 15.2 Å². The second-order valence-electron chi connectivity index (χ2n) is 4.01. The standard InChI is InChI=1S/C12H13F5N2O3/c1-2-21-8(20)3-7-9(11(13)14)10(22-12(15,16)17)6(4-18)5-19-7/h5,11H,2-4,18H2,1H3. The molecule has 0 aliphatic carbocycles. The monoisotopic (exact) mass is 328 g/mol. The van der Waals surface area contributed by atoms with Crippen molar-refractivity contribution in [3.05, 3.63) is 23.0 Å². The molecule has 0 saturated carbocycles. The van der Waals surface area contributed by atoms with E-state index in [0.29, 0.717) is 0 Å². The third-order valence-corrected chi connectivity index (χ3v) is 2.50. The molecule has 124 valence electrons. The van der Waals surface area contributed by atoms with Gasteiger partial charge in [0.25, 0.3) is 6.43 Å². The maximum Gasteiger partial charge on any atom is 0.573 e. The van der Waals surface area contributed by atoms with Gasteiger partial charge in [0.2, 0.25) is 0 Å². The number of pyridine rings is 1. The van der Waals surface area contributed by atoms with Crippen LogP contribution >= 0.6 is 0 Å². The van der Waals surface area contributed by atoms with Gasteiger partial charge in [-0.2, -0.15) is 0 Å². The van der Waals surface area contributed by atoms with Crippen molar-refractivity contribution in [2.24, 2.45) is 5.73 Å². The van der Waals surface area contributed by atoms with Gasteiger partial charge >= 0.3 is 12.3 Å². The Kier molecular flexibility index (Phi) is 6.03. The molecule has 0 unspecified atom stereocenters. The molecule has 1 aromatic rings. The van der Waals surface area contributed by atoms with Crippen molar-refractivity contribution in [3.63, 3.8) is 0 Å². The Morgan fingerprint density at radius 2 is 2.05 bits per heavy atom. The molecule has 1 aromatic heterocycles. The molecular weight excluding hydrogens is 315 g/mol. The summed E-state index contributed by atoms with van der Waals surface area (Å²) in [4.78, 5) is 14.9. The highest BCUT2D eigenvalue weighted by molar-refractivity contribution is 5.73. The lowest BCUT2D eigenvalue weighted by Crippen LogP contribution is -2.22. The topological polar surface area (TPSA) is 74.4 Å². The number of ether oxygens (including phenoxy) is 2. The van der Waals surface area contributed by atoms with Crippen molar-refractivity contribution in [3.8, 4) is 5.75 Å². The number of hydrogen-bond donors (Lipinski definition) is 1. The third-order valence-electron chi connectivity index (χ3n) is 2.50. The molecule has 22 heavy (non-hydrogen) atoms. The van der Waals surface area contributed by atoms with Gasteiger partial charge in [0.05, 0.1) is 24.3 Å². The van der Waals surface area contributed by atoms with Crippen LogP contribution in [0.5, 0.6) is 5.75 Å². The molecule has 0 amide bonds. The summed E-state index contributed by atoms with van der Waals surface area (Å²) in [5.74, 6) is -2.02. The smallest absolute Gasteiger partial charge is 0.466 e. The van der Waals surface area contributed by atoms with E-state index in [0.717, 1.165) is 6.20 Å². The quantitative estimate of drug-likeness (QED) is 0.641. The number of hydrogen-bond acceptors (Lipinski definition) is 5. The van der Waals surface area contributed by atoms with Crippen LogP contribution in [0, 0.1) is 0 Å². The molecule has 10 heteroatoms. The van der Waals surface area contributed by atoms with Crippen LogP contribution in [0.1, 0.15) is 30.2 Å². The van der Waals surface area contributed by atoms with Gasteiger partial charge in [-0.15, -0.1) is 13.2 Å². The number of esters is 1. The highest BCUT2D eigenvalue weighted by Gasteiger charge is 2.36. The molecule has 1 rings (SSSR count). The first kappa shape index (κ1) is 18.1. The molecule has 0 atom stereocenters. The lowest BCUT2D eigenvalue weighted by atomic mass is 10.1. The van der Waals surface area contributed by atoms with E-state index in [1.54, 1.807) is 0 Å². The van der Waals surface area contributed by atoms with E-state index in [1.807, 2.05) is 0 Å².